The van der Waals surface area contributed by atoms with Gasteiger partial charge in [-0.25, -0.2) is 4.98 Å². The number of nitrogens with zero attached hydrogens (tertiary/aromatic N) is 1. The van der Waals surface area contributed by atoms with Gasteiger partial charge in [0.25, 0.3) is 0 Å². The Labute approximate surface area is 107 Å². The van der Waals surface area contributed by atoms with Crippen molar-refractivity contribution >= 4 is 11.3 Å². The van der Waals surface area contributed by atoms with Crippen LogP contribution in [0.4, 0.5) is 0 Å². The summed E-state index contributed by atoms with van der Waals surface area (Å²) in [6, 6.07) is 8.36. The van der Waals surface area contributed by atoms with E-state index in [1.165, 1.54) is 16.1 Å². The molecule has 90 valence electrons. The smallest absolute Gasteiger partial charge is 0.0935 e. The highest BCUT2D eigenvalue weighted by Gasteiger charge is 2.08. The third-order valence-electron chi connectivity index (χ3n) is 2.90. The molecule has 0 bridgehead atoms. The maximum Gasteiger partial charge on any atom is 0.0935 e. The zero-order chi connectivity index (χ0) is 12.3. The van der Waals surface area contributed by atoms with Crippen molar-refractivity contribution in [1.29, 1.82) is 0 Å². The molecule has 0 radical (unpaired) electrons. The van der Waals surface area contributed by atoms with Crippen LogP contribution in [0.15, 0.2) is 29.6 Å². The molecule has 17 heavy (non-hydrogen) atoms. The summed E-state index contributed by atoms with van der Waals surface area (Å²) in [6.07, 6.45) is 0.979. The number of thiazole rings is 1. The summed E-state index contributed by atoms with van der Waals surface area (Å²) in [5, 5.41) is 3.32. The average molecular weight is 246 g/mol. The zero-order valence-electron chi connectivity index (χ0n) is 10.3. The minimum absolute atomic E-state index is 0.505. The van der Waals surface area contributed by atoms with E-state index in [4.69, 9.17) is 10.7 Å². The van der Waals surface area contributed by atoms with Crippen molar-refractivity contribution in [3.63, 3.8) is 0 Å². The molecule has 2 rings (SSSR count). The van der Waals surface area contributed by atoms with Crippen LogP contribution >= 0.6 is 11.3 Å². The normalized spacial score (nSPS) is 12.6. The Hall–Kier alpha value is -1.19. The average Bonchev–Trinajstić information content (AvgIpc) is 2.78. The minimum atomic E-state index is 0.505. The van der Waals surface area contributed by atoms with Gasteiger partial charge in [-0.2, -0.15) is 0 Å². The molecule has 1 unspecified atom stereocenters. The van der Waals surface area contributed by atoms with Gasteiger partial charge in [-0.05, 0) is 24.9 Å². The fraction of sp³-hybridized carbons (Fsp3) is 0.357. The summed E-state index contributed by atoms with van der Waals surface area (Å²) in [5.74, 6) is 0.505. The van der Waals surface area contributed by atoms with Gasteiger partial charge in [0.2, 0.25) is 0 Å². The number of nitrogens with two attached hydrogens (primary N) is 1. The second kappa shape index (κ2) is 5.43. The Balaban J connectivity index is 2.21. The molecule has 1 aromatic carbocycles. The molecule has 1 heterocycles. The summed E-state index contributed by atoms with van der Waals surface area (Å²) in [5.41, 5.74) is 9.24. The van der Waals surface area contributed by atoms with Crippen molar-refractivity contribution in [1.82, 2.24) is 4.98 Å². The molecular formula is C14H18N2S. The lowest BCUT2D eigenvalue weighted by atomic mass is 10.1. The lowest BCUT2D eigenvalue weighted by Gasteiger charge is -2.04. The number of aromatic nitrogens is 1. The van der Waals surface area contributed by atoms with E-state index in [1.807, 2.05) is 0 Å². The standard InChI is InChI=1S/C14H18N2S/c1-10(8-15)7-14-16-13(9-17-14)12-6-4-3-5-11(12)2/h3-6,9-10H,7-8,15H2,1-2H3. The van der Waals surface area contributed by atoms with E-state index in [0.717, 1.165) is 18.7 Å². The van der Waals surface area contributed by atoms with Crippen LogP contribution in [-0.2, 0) is 6.42 Å². The lowest BCUT2D eigenvalue weighted by molar-refractivity contribution is 0.591. The fourth-order valence-corrected chi connectivity index (χ4v) is 2.73. The summed E-state index contributed by atoms with van der Waals surface area (Å²) in [7, 11) is 0. The van der Waals surface area contributed by atoms with Crippen LogP contribution in [0.2, 0.25) is 0 Å². The van der Waals surface area contributed by atoms with Crippen LogP contribution in [0.3, 0.4) is 0 Å². The Kier molecular flexibility index (Phi) is 3.92. The van der Waals surface area contributed by atoms with Crippen molar-refractivity contribution in [2.24, 2.45) is 11.7 Å². The topological polar surface area (TPSA) is 38.9 Å². The molecule has 0 fully saturated rings. The van der Waals surface area contributed by atoms with Crippen LogP contribution in [0, 0.1) is 12.8 Å². The molecule has 0 saturated carbocycles. The van der Waals surface area contributed by atoms with E-state index < -0.39 is 0 Å². The molecule has 0 spiro atoms. The first kappa shape index (κ1) is 12.3. The zero-order valence-corrected chi connectivity index (χ0v) is 11.1. The van der Waals surface area contributed by atoms with Gasteiger partial charge < -0.3 is 5.73 Å². The largest absolute Gasteiger partial charge is 0.330 e. The SMILES string of the molecule is Cc1ccccc1-c1csc(CC(C)CN)n1. The van der Waals surface area contributed by atoms with E-state index >= 15 is 0 Å². The maximum atomic E-state index is 5.64. The number of hydrogen-bond acceptors (Lipinski definition) is 3. The fourth-order valence-electron chi connectivity index (χ4n) is 1.77. The van der Waals surface area contributed by atoms with Crippen LogP contribution in [0.1, 0.15) is 17.5 Å². The van der Waals surface area contributed by atoms with Crippen LogP contribution < -0.4 is 5.73 Å². The van der Waals surface area contributed by atoms with Crippen molar-refractivity contribution in [2.45, 2.75) is 20.3 Å². The van der Waals surface area contributed by atoms with E-state index in [-0.39, 0.29) is 0 Å². The summed E-state index contributed by atoms with van der Waals surface area (Å²) < 4.78 is 0. The minimum Gasteiger partial charge on any atom is -0.330 e. The second-order valence-corrected chi connectivity index (χ2v) is 5.43. The first-order valence-corrected chi connectivity index (χ1v) is 6.79. The summed E-state index contributed by atoms with van der Waals surface area (Å²) in [6.45, 7) is 5.00. The van der Waals surface area contributed by atoms with Crippen LogP contribution in [-0.4, -0.2) is 11.5 Å². The van der Waals surface area contributed by atoms with E-state index in [0.29, 0.717) is 5.92 Å². The summed E-state index contributed by atoms with van der Waals surface area (Å²) >= 11 is 1.73. The maximum absolute atomic E-state index is 5.64. The lowest BCUT2D eigenvalue weighted by Crippen LogP contribution is -2.12. The molecule has 0 amide bonds. The molecular weight excluding hydrogens is 228 g/mol. The predicted octanol–water partition coefficient (Wildman–Crippen LogP) is 3.26. The molecule has 0 aliphatic rings. The molecule has 1 aromatic heterocycles. The monoisotopic (exact) mass is 246 g/mol. The molecule has 2 aromatic rings. The third kappa shape index (κ3) is 2.93. The molecule has 0 saturated heterocycles. The summed E-state index contributed by atoms with van der Waals surface area (Å²) in [4.78, 5) is 4.69. The Morgan fingerprint density at radius 2 is 2.12 bits per heavy atom. The molecule has 3 heteroatoms. The van der Waals surface area contributed by atoms with E-state index in [1.54, 1.807) is 11.3 Å². The van der Waals surface area contributed by atoms with Crippen LogP contribution in [0.25, 0.3) is 11.3 Å². The van der Waals surface area contributed by atoms with Crippen molar-refractivity contribution in [3.8, 4) is 11.3 Å². The first-order chi connectivity index (χ1) is 8.20. The van der Waals surface area contributed by atoms with Crippen molar-refractivity contribution in [3.05, 3.63) is 40.2 Å². The molecule has 2 nitrogen and oxygen atoms in total. The Bertz CT molecular complexity index is 490. The highest BCUT2D eigenvalue weighted by molar-refractivity contribution is 7.09. The van der Waals surface area contributed by atoms with Gasteiger partial charge >= 0.3 is 0 Å². The van der Waals surface area contributed by atoms with Gasteiger partial charge in [-0.3, -0.25) is 0 Å². The third-order valence-corrected chi connectivity index (χ3v) is 3.77. The first-order valence-electron chi connectivity index (χ1n) is 5.91. The van der Waals surface area contributed by atoms with Gasteiger partial charge in [0.05, 0.1) is 10.7 Å². The van der Waals surface area contributed by atoms with Gasteiger partial charge in [0.15, 0.2) is 0 Å². The molecule has 2 N–H and O–H groups in total. The highest BCUT2D eigenvalue weighted by atomic mass is 32.1. The highest BCUT2D eigenvalue weighted by Crippen LogP contribution is 2.25. The van der Waals surface area contributed by atoms with Gasteiger partial charge in [-0.1, -0.05) is 31.2 Å². The van der Waals surface area contributed by atoms with Gasteiger partial charge in [0.1, 0.15) is 0 Å². The number of rotatable bonds is 4. The number of aryl methyl sites for hydroxylation is 1. The van der Waals surface area contributed by atoms with Crippen molar-refractivity contribution in [2.75, 3.05) is 6.54 Å². The molecule has 0 aliphatic carbocycles. The van der Waals surface area contributed by atoms with Crippen molar-refractivity contribution < 1.29 is 0 Å². The predicted molar refractivity (Wildman–Crippen MR) is 74.2 cm³/mol. The van der Waals surface area contributed by atoms with E-state index in [2.05, 4.69) is 43.5 Å². The number of benzene rings is 1. The quantitative estimate of drug-likeness (QED) is 0.899. The van der Waals surface area contributed by atoms with E-state index in [9.17, 15) is 0 Å². The second-order valence-electron chi connectivity index (χ2n) is 4.49. The van der Waals surface area contributed by atoms with Crippen LogP contribution in [0.5, 0.6) is 0 Å². The molecule has 1 atom stereocenters. The number of hydrogen-bond donors (Lipinski definition) is 1. The Morgan fingerprint density at radius 3 is 2.82 bits per heavy atom. The van der Waals surface area contributed by atoms with Gasteiger partial charge in [0, 0.05) is 17.4 Å². The Morgan fingerprint density at radius 1 is 1.35 bits per heavy atom. The van der Waals surface area contributed by atoms with Gasteiger partial charge in [-0.15, -0.1) is 11.3 Å². The molecule has 0 aliphatic heterocycles.